The molecule has 1 N–H and O–H groups in total. The van der Waals surface area contributed by atoms with Crippen LogP contribution in [-0.4, -0.2) is 34.5 Å². The Kier molecular flexibility index (Phi) is 6.91. The zero-order valence-corrected chi connectivity index (χ0v) is 20.1. The Hall–Kier alpha value is -2.86. The van der Waals surface area contributed by atoms with E-state index in [2.05, 4.69) is 65.7 Å². The minimum atomic E-state index is 0.825. The number of aromatic nitrogens is 2. The van der Waals surface area contributed by atoms with E-state index in [9.17, 15) is 0 Å². The zero-order chi connectivity index (χ0) is 22.5. The normalized spacial score (nSPS) is 14.0. The Morgan fingerprint density at radius 2 is 1.79 bits per heavy atom. The quantitative estimate of drug-likeness (QED) is 0.389. The Labute approximate surface area is 200 Å². The van der Waals surface area contributed by atoms with Crippen molar-refractivity contribution in [2.45, 2.75) is 50.5 Å². The van der Waals surface area contributed by atoms with Crippen molar-refractivity contribution >= 4 is 34.9 Å². The maximum absolute atomic E-state index is 5.03. The Bertz CT molecular complexity index is 1130. The number of anilines is 3. The van der Waals surface area contributed by atoms with Gasteiger partial charge in [-0.2, -0.15) is 4.98 Å². The molecule has 3 heterocycles. The van der Waals surface area contributed by atoms with Crippen LogP contribution in [-0.2, 0) is 13.0 Å². The van der Waals surface area contributed by atoms with Gasteiger partial charge in [0, 0.05) is 42.2 Å². The summed E-state index contributed by atoms with van der Waals surface area (Å²) in [5.74, 6) is 2.88. The third-order valence-electron chi connectivity index (χ3n) is 6.22. The molecular formula is C27H31N5S. The molecule has 0 amide bonds. The van der Waals surface area contributed by atoms with Gasteiger partial charge in [0.1, 0.15) is 5.82 Å². The first-order valence-corrected chi connectivity index (χ1v) is 13.0. The Morgan fingerprint density at radius 1 is 0.970 bits per heavy atom. The minimum absolute atomic E-state index is 0.825. The summed E-state index contributed by atoms with van der Waals surface area (Å²) in [6, 6.07) is 18.9. The van der Waals surface area contributed by atoms with Crippen LogP contribution in [0.1, 0.15) is 49.4 Å². The van der Waals surface area contributed by atoms with Gasteiger partial charge in [0.2, 0.25) is 5.95 Å². The molecule has 2 aromatic carbocycles. The summed E-state index contributed by atoms with van der Waals surface area (Å²) >= 11 is 1.86. The highest BCUT2D eigenvalue weighted by molar-refractivity contribution is 7.99. The average molecular weight is 458 g/mol. The smallest absolute Gasteiger partial charge is 0.227 e. The number of para-hydroxylation sites is 1. The highest BCUT2D eigenvalue weighted by Gasteiger charge is 2.23. The molecule has 0 atom stereocenters. The molecule has 0 aliphatic carbocycles. The lowest BCUT2D eigenvalue weighted by atomic mass is 10.0. The topological polar surface area (TPSA) is 53.4 Å². The van der Waals surface area contributed by atoms with Gasteiger partial charge in [0.15, 0.2) is 0 Å². The molecule has 0 spiro atoms. The summed E-state index contributed by atoms with van der Waals surface area (Å²) < 4.78 is 0. The summed E-state index contributed by atoms with van der Waals surface area (Å²) in [5, 5.41) is 3.55. The van der Waals surface area contributed by atoms with E-state index in [1.807, 2.05) is 17.8 Å². The third kappa shape index (κ3) is 5.06. The van der Waals surface area contributed by atoms with E-state index < -0.39 is 0 Å². The van der Waals surface area contributed by atoms with E-state index in [0.717, 1.165) is 74.9 Å². The predicted octanol–water partition coefficient (Wildman–Crippen LogP) is 6.26. The number of hydrogen-bond donors (Lipinski definition) is 1. The molecule has 0 saturated carbocycles. The number of unbranched alkanes of at least 4 members (excludes halogenated alkanes) is 1. The molecule has 0 unspecified atom stereocenters. The summed E-state index contributed by atoms with van der Waals surface area (Å²) in [7, 11) is 0. The minimum Gasteiger partial charge on any atom is -0.341 e. The lowest BCUT2D eigenvalue weighted by Crippen LogP contribution is -2.28. The van der Waals surface area contributed by atoms with Crippen LogP contribution in [0.25, 0.3) is 0 Å². The van der Waals surface area contributed by atoms with Gasteiger partial charge in [-0.15, -0.1) is 11.8 Å². The van der Waals surface area contributed by atoms with Gasteiger partial charge < -0.3 is 10.2 Å². The first kappa shape index (κ1) is 22.0. The number of thioether (sulfide) groups is 1. The molecule has 2 aliphatic heterocycles. The Morgan fingerprint density at radius 3 is 2.67 bits per heavy atom. The van der Waals surface area contributed by atoms with Gasteiger partial charge in [-0.3, -0.25) is 4.99 Å². The molecule has 0 fully saturated rings. The fourth-order valence-corrected chi connectivity index (χ4v) is 5.50. The van der Waals surface area contributed by atoms with Gasteiger partial charge in [-0.1, -0.05) is 55.8 Å². The summed E-state index contributed by atoms with van der Waals surface area (Å²) in [4.78, 5) is 18.4. The van der Waals surface area contributed by atoms with Crippen LogP contribution in [0.4, 0.5) is 17.5 Å². The second kappa shape index (κ2) is 10.4. The highest BCUT2D eigenvalue weighted by Crippen LogP contribution is 2.38. The SMILES string of the molecule is CCCCN(CCCC1=NCc2ccccc21)c1nc2c(c(Nc3ccccc3)n1)SCC2. The van der Waals surface area contributed by atoms with Crippen LogP contribution in [0.5, 0.6) is 0 Å². The van der Waals surface area contributed by atoms with Gasteiger partial charge >= 0.3 is 0 Å². The molecule has 1 aromatic heterocycles. The standard InChI is InChI=1S/C27H31N5S/c1-2-3-16-32(17-9-14-23-22-13-8-7-10-20(22)19-28-23)27-30-24-15-18-33-25(24)26(31-27)29-21-11-5-4-6-12-21/h4-8,10-13H,2-3,9,14-19H2,1H3,(H,29,30,31). The number of nitrogens with one attached hydrogen (secondary N) is 1. The van der Waals surface area contributed by atoms with Crippen LogP contribution < -0.4 is 10.2 Å². The van der Waals surface area contributed by atoms with E-state index in [1.54, 1.807) is 0 Å². The number of aryl methyl sites for hydroxylation is 1. The number of rotatable bonds is 10. The number of aliphatic imine (C=N–C) groups is 1. The second-order valence-corrected chi connectivity index (χ2v) is 9.71. The van der Waals surface area contributed by atoms with Gasteiger partial charge in [0.25, 0.3) is 0 Å². The van der Waals surface area contributed by atoms with Crippen molar-refractivity contribution in [3.63, 3.8) is 0 Å². The average Bonchev–Trinajstić information content (AvgIpc) is 3.49. The number of hydrogen-bond acceptors (Lipinski definition) is 6. The van der Waals surface area contributed by atoms with Crippen LogP contribution in [0.15, 0.2) is 64.5 Å². The number of benzene rings is 2. The van der Waals surface area contributed by atoms with Crippen molar-refractivity contribution < 1.29 is 0 Å². The number of nitrogens with zero attached hydrogens (tertiary/aromatic N) is 4. The summed E-state index contributed by atoms with van der Waals surface area (Å²) in [5.41, 5.74) is 6.18. The summed E-state index contributed by atoms with van der Waals surface area (Å²) in [6.07, 6.45) is 5.35. The maximum Gasteiger partial charge on any atom is 0.227 e. The molecular weight excluding hydrogens is 426 g/mol. The molecule has 5 nitrogen and oxygen atoms in total. The highest BCUT2D eigenvalue weighted by atomic mass is 32.2. The zero-order valence-electron chi connectivity index (χ0n) is 19.3. The van der Waals surface area contributed by atoms with Crippen LogP contribution in [0.3, 0.4) is 0 Å². The van der Waals surface area contributed by atoms with Crippen LogP contribution in [0.2, 0.25) is 0 Å². The van der Waals surface area contributed by atoms with Crippen molar-refractivity contribution in [1.29, 1.82) is 0 Å². The fraction of sp³-hybridized carbons (Fsp3) is 0.370. The van der Waals surface area contributed by atoms with E-state index in [4.69, 9.17) is 15.0 Å². The molecule has 33 heavy (non-hydrogen) atoms. The van der Waals surface area contributed by atoms with Gasteiger partial charge in [-0.05, 0) is 37.0 Å². The van der Waals surface area contributed by atoms with Gasteiger partial charge in [0.05, 0.1) is 17.1 Å². The van der Waals surface area contributed by atoms with Gasteiger partial charge in [-0.25, -0.2) is 4.98 Å². The molecule has 0 saturated heterocycles. The Balaban J connectivity index is 1.33. The molecule has 0 radical (unpaired) electrons. The van der Waals surface area contributed by atoms with Crippen molar-refractivity contribution in [2.24, 2.45) is 4.99 Å². The van der Waals surface area contributed by atoms with E-state index in [-0.39, 0.29) is 0 Å². The molecule has 0 bridgehead atoms. The molecule has 6 heteroatoms. The lowest BCUT2D eigenvalue weighted by molar-refractivity contribution is 0.674. The lowest BCUT2D eigenvalue weighted by Gasteiger charge is -2.24. The van der Waals surface area contributed by atoms with E-state index >= 15 is 0 Å². The predicted molar refractivity (Wildman–Crippen MR) is 139 cm³/mol. The van der Waals surface area contributed by atoms with Crippen molar-refractivity contribution in [3.05, 3.63) is 71.4 Å². The molecule has 2 aliphatic rings. The molecule has 3 aromatic rings. The first-order chi connectivity index (χ1) is 16.3. The van der Waals surface area contributed by atoms with Crippen LogP contribution >= 0.6 is 11.8 Å². The van der Waals surface area contributed by atoms with Crippen LogP contribution in [0, 0.1) is 0 Å². The largest absolute Gasteiger partial charge is 0.341 e. The molecule has 170 valence electrons. The third-order valence-corrected chi connectivity index (χ3v) is 7.35. The molecule has 5 rings (SSSR count). The monoisotopic (exact) mass is 457 g/mol. The van der Waals surface area contributed by atoms with E-state index in [0.29, 0.717) is 0 Å². The van der Waals surface area contributed by atoms with Crippen molar-refractivity contribution in [3.8, 4) is 0 Å². The van der Waals surface area contributed by atoms with Crippen molar-refractivity contribution in [1.82, 2.24) is 9.97 Å². The number of fused-ring (bicyclic) bond motifs is 2. The van der Waals surface area contributed by atoms with E-state index in [1.165, 1.54) is 27.4 Å². The first-order valence-electron chi connectivity index (χ1n) is 12.0. The fourth-order valence-electron chi connectivity index (χ4n) is 4.46. The second-order valence-electron chi connectivity index (χ2n) is 8.60. The maximum atomic E-state index is 5.03. The van der Waals surface area contributed by atoms with Crippen molar-refractivity contribution in [2.75, 3.05) is 29.1 Å². The summed E-state index contributed by atoms with van der Waals surface area (Å²) in [6.45, 7) is 4.99.